The van der Waals surface area contributed by atoms with Crippen molar-refractivity contribution >= 4 is 17.3 Å². The Morgan fingerprint density at radius 2 is 2.11 bits per heavy atom. The highest BCUT2D eigenvalue weighted by molar-refractivity contribution is 5.98. The van der Waals surface area contributed by atoms with Crippen LogP contribution in [0.1, 0.15) is 14.6 Å². The molecule has 0 spiro atoms. The molecule has 0 saturated carbocycles. The summed E-state index contributed by atoms with van der Waals surface area (Å²) >= 11 is 0. The minimum Gasteiger partial charge on any atom is -0.404 e. The normalized spacial score (nSPS) is 13.2. The van der Waals surface area contributed by atoms with Gasteiger partial charge in [-0.2, -0.15) is 10.2 Å². The van der Waals surface area contributed by atoms with Crippen LogP contribution in [0.3, 0.4) is 0 Å². The van der Waals surface area contributed by atoms with Gasteiger partial charge in [-0.15, -0.1) is 18.3 Å². The summed E-state index contributed by atoms with van der Waals surface area (Å²) in [6.45, 7) is -2.80. The van der Waals surface area contributed by atoms with Crippen LogP contribution >= 0.6 is 0 Å². The summed E-state index contributed by atoms with van der Waals surface area (Å²) in [5.41, 5.74) is -0.453. The maximum absolute atomic E-state index is 13.0. The first kappa shape index (κ1) is 15.4. The number of aromatic nitrogens is 5. The molecule has 0 aliphatic carbocycles. The Morgan fingerprint density at radius 1 is 1.29 bits per heavy atom. The zero-order valence-corrected chi connectivity index (χ0v) is 14.2. The van der Waals surface area contributed by atoms with Crippen molar-refractivity contribution in [1.29, 1.82) is 0 Å². The zero-order valence-electron chi connectivity index (χ0n) is 17.2. The number of rotatable bonds is 5. The number of nitrogens with one attached hydrogen (secondary N) is 2. The summed E-state index contributed by atoms with van der Waals surface area (Å²) in [7, 11) is 1.60. The molecule has 0 aliphatic rings. The molecule has 0 fully saturated rings. The molecule has 146 valence electrons. The van der Waals surface area contributed by atoms with Gasteiger partial charge in [-0.25, -0.2) is 4.98 Å². The topological polar surface area (TPSA) is 107 Å². The van der Waals surface area contributed by atoms with Crippen molar-refractivity contribution in [2.45, 2.75) is 6.36 Å². The predicted molar refractivity (Wildman–Crippen MR) is 91.8 cm³/mol. The molecule has 0 saturated heterocycles. The summed E-state index contributed by atoms with van der Waals surface area (Å²) in [6, 6.07) is 5.02. The summed E-state index contributed by atoms with van der Waals surface area (Å²) < 4.78 is 65.7. The number of aryl methyl sites for hydroxylation is 1. The van der Waals surface area contributed by atoms with Crippen LogP contribution in [0.2, 0.25) is 0 Å². The lowest BCUT2D eigenvalue weighted by Crippen LogP contribution is -2.21. The molecule has 1 amide bonds. The van der Waals surface area contributed by atoms with E-state index in [-0.39, 0.29) is 22.8 Å². The van der Waals surface area contributed by atoms with Gasteiger partial charge in [-0.05, 0) is 24.3 Å². The fourth-order valence-electron chi connectivity index (χ4n) is 2.25. The lowest BCUT2D eigenvalue weighted by molar-refractivity contribution is -0.274. The van der Waals surface area contributed by atoms with Gasteiger partial charge in [0.15, 0.2) is 17.3 Å². The Labute approximate surface area is 160 Å². The van der Waals surface area contributed by atoms with Crippen LogP contribution in [0.4, 0.5) is 24.5 Å². The average Bonchev–Trinajstić information content (AvgIpc) is 3.07. The fraction of sp³-hybridized carbons (Fsp3) is 0.188. The summed E-state index contributed by atoms with van der Waals surface area (Å²) in [6.07, 6.45) is -2.46. The number of alkyl halides is 3. The van der Waals surface area contributed by atoms with Crippen molar-refractivity contribution < 1.29 is 26.8 Å². The third-order valence-corrected chi connectivity index (χ3v) is 3.38. The van der Waals surface area contributed by atoms with Crippen molar-refractivity contribution in [1.82, 2.24) is 30.3 Å². The van der Waals surface area contributed by atoms with Crippen molar-refractivity contribution in [3.63, 3.8) is 0 Å². The van der Waals surface area contributed by atoms with Crippen molar-refractivity contribution in [3.05, 3.63) is 42.5 Å². The fourth-order valence-corrected chi connectivity index (χ4v) is 2.25. The molecule has 9 nitrogen and oxygen atoms in total. The number of ether oxygens (including phenoxy) is 1. The molecule has 28 heavy (non-hydrogen) atoms. The summed E-state index contributed by atoms with van der Waals surface area (Å²) in [4.78, 5) is 16.2. The second-order valence-electron chi connectivity index (χ2n) is 5.37. The molecule has 0 radical (unpaired) electrons. The van der Waals surface area contributed by atoms with Gasteiger partial charge in [-0.1, -0.05) is 0 Å². The van der Waals surface area contributed by atoms with Crippen molar-refractivity contribution in [2.24, 2.45) is 7.05 Å². The SMILES string of the molecule is [2H]C([2H])([2H])NC(=O)c1nnccc1Nc1ccc(-c2ncn(C)n2)cc1OC(F)(F)F. The monoisotopic (exact) mass is 396 g/mol. The number of amides is 1. The van der Waals surface area contributed by atoms with Crippen LogP contribution < -0.4 is 15.4 Å². The number of carbonyl (C=O) groups is 1. The number of hydrogen-bond donors (Lipinski definition) is 2. The largest absolute Gasteiger partial charge is 0.573 e. The molecule has 2 heterocycles. The number of nitrogens with zero attached hydrogens (tertiary/aromatic N) is 5. The lowest BCUT2D eigenvalue weighted by atomic mass is 10.1. The second-order valence-corrected chi connectivity index (χ2v) is 5.37. The maximum atomic E-state index is 13.0. The molecule has 3 aromatic rings. The van der Waals surface area contributed by atoms with E-state index in [4.69, 9.17) is 4.11 Å². The molecule has 0 unspecified atom stereocenters. The van der Waals surface area contributed by atoms with Crippen LogP contribution in [0.15, 0.2) is 36.8 Å². The number of anilines is 2. The van der Waals surface area contributed by atoms with Gasteiger partial charge >= 0.3 is 6.36 Å². The molecule has 0 atom stereocenters. The maximum Gasteiger partial charge on any atom is 0.573 e. The van der Waals surface area contributed by atoms with E-state index in [9.17, 15) is 18.0 Å². The molecular weight excluding hydrogens is 379 g/mol. The van der Waals surface area contributed by atoms with E-state index >= 15 is 0 Å². The first-order valence-electron chi connectivity index (χ1n) is 9.08. The van der Waals surface area contributed by atoms with E-state index in [1.54, 1.807) is 12.4 Å². The minimum absolute atomic E-state index is 0.0903. The first-order valence-corrected chi connectivity index (χ1v) is 7.58. The molecule has 2 aromatic heterocycles. The predicted octanol–water partition coefficient (Wildman–Crippen LogP) is 2.27. The lowest BCUT2D eigenvalue weighted by Gasteiger charge is -2.16. The Kier molecular flexibility index (Phi) is 4.12. The van der Waals surface area contributed by atoms with Gasteiger partial charge in [0, 0.05) is 23.7 Å². The van der Waals surface area contributed by atoms with E-state index in [0.29, 0.717) is 0 Å². The van der Waals surface area contributed by atoms with Gasteiger partial charge in [0.25, 0.3) is 5.91 Å². The molecule has 1 aromatic carbocycles. The third-order valence-electron chi connectivity index (χ3n) is 3.38. The number of hydrogen-bond acceptors (Lipinski definition) is 7. The van der Waals surface area contributed by atoms with Crippen molar-refractivity contribution in [2.75, 3.05) is 12.3 Å². The highest BCUT2D eigenvalue weighted by Crippen LogP contribution is 2.35. The van der Waals surface area contributed by atoms with Crippen LogP contribution in [-0.2, 0) is 7.05 Å². The molecular formula is C16H14F3N7O2. The van der Waals surface area contributed by atoms with E-state index in [1.165, 1.54) is 35.4 Å². The molecule has 2 N–H and O–H groups in total. The van der Waals surface area contributed by atoms with Crippen LogP contribution in [0.25, 0.3) is 11.4 Å². The van der Waals surface area contributed by atoms with E-state index < -0.39 is 30.7 Å². The smallest absolute Gasteiger partial charge is 0.404 e. The molecule has 3 rings (SSSR count). The third kappa shape index (κ3) is 4.34. The van der Waals surface area contributed by atoms with Gasteiger partial charge < -0.3 is 15.4 Å². The van der Waals surface area contributed by atoms with Gasteiger partial charge in [0.1, 0.15) is 6.33 Å². The van der Waals surface area contributed by atoms with Gasteiger partial charge in [0.2, 0.25) is 0 Å². The molecule has 0 aliphatic heterocycles. The van der Waals surface area contributed by atoms with Crippen molar-refractivity contribution in [3.8, 4) is 17.1 Å². The van der Waals surface area contributed by atoms with E-state index in [1.807, 2.05) is 0 Å². The van der Waals surface area contributed by atoms with Crippen LogP contribution in [-0.4, -0.2) is 44.2 Å². The van der Waals surface area contributed by atoms with Crippen LogP contribution in [0, 0.1) is 0 Å². The van der Waals surface area contributed by atoms with Gasteiger partial charge in [-0.3, -0.25) is 9.48 Å². The molecule has 0 bridgehead atoms. The minimum atomic E-state index is -5.01. The Balaban J connectivity index is 1.98. The average molecular weight is 396 g/mol. The summed E-state index contributed by atoms with van der Waals surface area (Å²) in [5.74, 6) is -1.55. The Bertz CT molecular complexity index is 1100. The second kappa shape index (κ2) is 7.50. The Morgan fingerprint density at radius 3 is 2.79 bits per heavy atom. The van der Waals surface area contributed by atoms with Crippen LogP contribution in [0.5, 0.6) is 5.75 Å². The molecule has 12 heteroatoms. The highest BCUT2D eigenvalue weighted by Gasteiger charge is 2.32. The summed E-state index contributed by atoms with van der Waals surface area (Å²) in [5, 5.41) is 15.4. The van der Waals surface area contributed by atoms with Gasteiger partial charge in [0.05, 0.1) is 17.6 Å². The zero-order chi connectivity index (χ0) is 22.8. The standard InChI is InChI=1S/C16H14F3N7O2/c1-20-15(27)13-11(5-6-22-24-13)23-10-4-3-9(14-21-8-26(2)25-14)7-12(10)28-16(17,18)19/h3-8H,1-2H3,(H,20,27)(H,22,23)/i1D3. The highest BCUT2D eigenvalue weighted by atomic mass is 19.4. The number of halogens is 3. The van der Waals surface area contributed by atoms with E-state index in [2.05, 4.69) is 30.3 Å². The number of benzene rings is 1. The Hall–Kier alpha value is -3.70. The number of carbonyl (C=O) groups excluding carboxylic acids is 1. The van der Waals surface area contributed by atoms with E-state index in [0.717, 1.165) is 6.07 Å². The first-order chi connectivity index (χ1) is 14.4. The quantitative estimate of drug-likeness (QED) is 0.681.